The number of carbonyl (C=O) groups is 1. The van der Waals surface area contributed by atoms with Gasteiger partial charge in [0.2, 0.25) is 5.91 Å². The van der Waals surface area contributed by atoms with Gasteiger partial charge in [-0.05, 0) is 49.8 Å². The van der Waals surface area contributed by atoms with Crippen molar-refractivity contribution in [1.82, 2.24) is 19.4 Å². The maximum atomic E-state index is 15.4. The summed E-state index contributed by atoms with van der Waals surface area (Å²) in [5.41, 5.74) is -1.69. The lowest BCUT2D eigenvalue weighted by Gasteiger charge is -2.45. The first-order chi connectivity index (χ1) is 24.9. The van der Waals surface area contributed by atoms with Crippen molar-refractivity contribution in [3.8, 4) is 22.9 Å². The van der Waals surface area contributed by atoms with E-state index >= 15 is 17.6 Å². The number of rotatable bonds is 7. The highest BCUT2D eigenvalue weighted by molar-refractivity contribution is 7.99. The van der Waals surface area contributed by atoms with Crippen LogP contribution in [0, 0.1) is 17.1 Å². The van der Waals surface area contributed by atoms with Gasteiger partial charge in [-0.15, -0.1) is 23.1 Å². The first-order valence-electron chi connectivity index (χ1n) is 16.3. The van der Waals surface area contributed by atoms with Crippen molar-refractivity contribution in [2.45, 2.75) is 43.0 Å². The number of hydrogen-bond acceptors (Lipinski definition) is 10. The second-order valence-corrected chi connectivity index (χ2v) is 14.6. The average Bonchev–Trinajstić information content (AvgIpc) is 3.51. The summed E-state index contributed by atoms with van der Waals surface area (Å²) >= 11 is 2.08. The summed E-state index contributed by atoms with van der Waals surface area (Å²) in [4.78, 5) is 38.8. The van der Waals surface area contributed by atoms with Crippen LogP contribution in [0.5, 0.6) is 5.75 Å². The number of hydrogen-bond donors (Lipinski definition) is 1. The third kappa shape index (κ3) is 5.81. The van der Waals surface area contributed by atoms with Crippen molar-refractivity contribution < 1.29 is 27.1 Å². The number of fused-ring (bicyclic) bond motifs is 1. The highest BCUT2D eigenvalue weighted by Gasteiger charge is 2.41. The number of carbonyl (C=O) groups excluding carboxylic acids is 1. The Balaban J connectivity index is 1.53. The van der Waals surface area contributed by atoms with E-state index in [-0.39, 0.29) is 91.8 Å². The first kappa shape index (κ1) is 35.3. The number of nitrogens with zero attached hydrogens (tertiary/aromatic N) is 6. The largest absolute Gasteiger partial charge is 0.491 e. The minimum Gasteiger partial charge on any atom is -0.491 e. The minimum absolute atomic E-state index is 0.00861. The van der Waals surface area contributed by atoms with Gasteiger partial charge in [0.1, 0.15) is 35.1 Å². The Hall–Kier alpha value is -5.14. The number of pyridine rings is 1. The molecule has 1 amide bonds. The Labute approximate surface area is 303 Å². The van der Waals surface area contributed by atoms with Crippen LogP contribution in [0.15, 0.2) is 65.1 Å². The number of benzene rings is 2. The Bertz CT molecular complexity index is 2340. The van der Waals surface area contributed by atoms with Crippen LogP contribution in [0.4, 0.5) is 28.4 Å². The molecule has 16 heteroatoms. The zero-order chi connectivity index (χ0) is 37.1. The summed E-state index contributed by atoms with van der Waals surface area (Å²) in [5, 5.41) is 13.5. The molecule has 1 N–H and O–H groups in total. The van der Waals surface area contributed by atoms with Gasteiger partial charge in [-0.1, -0.05) is 12.6 Å². The van der Waals surface area contributed by atoms with Crippen LogP contribution < -0.4 is 20.6 Å². The van der Waals surface area contributed by atoms with Crippen molar-refractivity contribution in [3.63, 3.8) is 0 Å². The van der Waals surface area contributed by atoms with E-state index in [1.165, 1.54) is 16.7 Å². The number of halogens is 4. The molecule has 2 aromatic carbocycles. The predicted molar refractivity (Wildman–Crippen MR) is 194 cm³/mol. The molecule has 2 aliphatic heterocycles. The van der Waals surface area contributed by atoms with Gasteiger partial charge in [-0.2, -0.15) is 23.4 Å². The molecular weight excluding hydrogens is 719 g/mol. The molecule has 10 nitrogen and oxygen atoms in total. The van der Waals surface area contributed by atoms with Gasteiger partial charge in [-0.25, -0.2) is 9.18 Å². The number of piperazine rings is 1. The molecule has 5 aromatic rings. The number of amides is 1. The predicted octanol–water partition coefficient (Wildman–Crippen LogP) is 7.08. The molecule has 1 fully saturated rings. The average molecular weight is 750 g/mol. The molecule has 0 radical (unpaired) electrons. The van der Waals surface area contributed by atoms with E-state index in [1.807, 2.05) is 13.8 Å². The van der Waals surface area contributed by atoms with E-state index in [0.717, 1.165) is 35.2 Å². The third-order valence-corrected chi connectivity index (χ3v) is 11.8. The second kappa shape index (κ2) is 13.4. The maximum absolute atomic E-state index is 15.4. The normalized spacial score (nSPS) is 18.8. The fourth-order valence-electron chi connectivity index (χ4n) is 7.27. The smallest absolute Gasteiger partial charge is 0.417 e. The number of aromatic nitrogens is 3. The van der Waals surface area contributed by atoms with Crippen LogP contribution in [-0.4, -0.2) is 69.9 Å². The van der Waals surface area contributed by atoms with Gasteiger partial charge in [0.05, 0.1) is 27.4 Å². The summed E-state index contributed by atoms with van der Waals surface area (Å²) in [6.45, 7) is 7.63. The number of ether oxygens (including phenoxy) is 1. The van der Waals surface area contributed by atoms with Crippen molar-refractivity contribution >= 4 is 60.8 Å². The van der Waals surface area contributed by atoms with Crippen LogP contribution in [-0.2, 0) is 11.0 Å². The zero-order valence-corrected chi connectivity index (χ0v) is 29.8. The number of thioether (sulfide) groups is 1. The van der Waals surface area contributed by atoms with Gasteiger partial charge >= 0.3 is 11.9 Å². The molecule has 0 bridgehead atoms. The summed E-state index contributed by atoms with van der Waals surface area (Å²) in [7, 11) is 1.55. The van der Waals surface area contributed by atoms with Crippen LogP contribution in [0.2, 0.25) is 0 Å². The summed E-state index contributed by atoms with van der Waals surface area (Å²) < 4.78 is 69.0. The zero-order valence-electron chi connectivity index (χ0n) is 28.1. The van der Waals surface area contributed by atoms with E-state index in [1.54, 1.807) is 41.4 Å². The molecule has 5 heterocycles. The topological polar surface area (TPSA) is 116 Å². The molecule has 268 valence electrons. The summed E-state index contributed by atoms with van der Waals surface area (Å²) in [6, 6.07) is 7.34. The quantitative estimate of drug-likeness (QED) is 0.138. The molecule has 0 aliphatic carbocycles. The lowest BCUT2D eigenvalue weighted by Crippen LogP contribution is -2.58. The Morgan fingerprint density at radius 3 is 2.54 bits per heavy atom. The molecule has 1 saturated heterocycles. The maximum Gasteiger partial charge on any atom is 0.417 e. The fourth-order valence-corrected chi connectivity index (χ4v) is 9.62. The van der Waals surface area contributed by atoms with Gasteiger partial charge < -0.3 is 19.9 Å². The van der Waals surface area contributed by atoms with Crippen molar-refractivity contribution in [2.24, 2.45) is 0 Å². The molecular formula is C36H31F4N7O3S2. The molecule has 3 aromatic heterocycles. The Kier molecular flexibility index (Phi) is 9.12. The Morgan fingerprint density at radius 1 is 1.19 bits per heavy atom. The van der Waals surface area contributed by atoms with Gasteiger partial charge in [0.15, 0.2) is 0 Å². The first-order valence-corrected chi connectivity index (χ1v) is 18.1. The van der Waals surface area contributed by atoms with Crippen molar-refractivity contribution in [3.05, 3.63) is 82.8 Å². The molecule has 1 unspecified atom stereocenters. The number of nitriles is 1. The van der Waals surface area contributed by atoms with Gasteiger partial charge in [0.25, 0.3) is 0 Å². The monoisotopic (exact) mass is 749 g/mol. The standard InChI is InChI=1S/C36H31F4N7O3S2/c1-5-27(48)46-18(2)14-45(15-19(46)3)33-23-12-25(36(38,39)40)29(22-6-7-26(37)31-28(22)24(13-41)34(42-4)52-31)32-30(23)47(35(49)44-33)20(17-51-32)16-50-21-8-10-43-11-9-21/h5-12,18-20,42H,1,14-17H2,2-4H3/t18-,19+,20?. The van der Waals surface area contributed by atoms with Gasteiger partial charge in [-0.3, -0.25) is 14.3 Å². The van der Waals surface area contributed by atoms with Crippen LogP contribution in [0.25, 0.3) is 32.1 Å². The van der Waals surface area contributed by atoms with Crippen molar-refractivity contribution in [1.29, 1.82) is 5.26 Å². The highest BCUT2D eigenvalue weighted by atomic mass is 32.2. The third-order valence-electron chi connectivity index (χ3n) is 9.37. The highest BCUT2D eigenvalue weighted by Crippen LogP contribution is 2.53. The SMILES string of the molecule is C=CC(=O)N1[C@H](C)CN(c2nc(=O)n3c4c(c(-c5ccc(F)c6sc(NC)c(C#N)c56)c(C(F)(F)F)cc24)SCC3COc2ccncc2)C[C@@H]1C. The van der Waals surface area contributed by atoms with E-state index in [0.29, 0.717) is 10.8 Å². The van der Waals surface area contributed by atoms with Crippen molar-refractivity contribution in [2.75, 3.05) is 42.7 Å². The lowest BCUT2D eigenvalue weighted by molar-refractivity contribution is -0.137. The van der Waals surface area contributed by atoms with E-state index in [2.05, 4.69) is 27.9 Å². The molecule has 2 aliphatic rings. The minimum atomic E-state index is -4.91. The summed E-state index contributed by atoms with van der Waals surface area (Å²) in [5.74, 6) is -0.242. The molecule has 7 rings (SSSR count). The summed E-state index contributed by atoms with van der Waals surface area (Å²) in [6.07, 6.45) is -0.584. The Morgan fingerprint density at radius 2 is 1.90 bits per heavy atom. The number of thiophene rings is 1. The van der Waals surface area contributed by atoms with Gasteiger partial charge in [0, 0.05) is 71.6 Å². The fraction of sp³-hybridized carbons (Fsp3) is 0.306. The number of nitrogens with one attached hydrogen (secondary N) is 1. The van der Waals surface area contributed by atoms with E-state index in [9.17, 15) is 14.9 Å². The van der Waals surface area contributed by atoms with E-state index in [4.69, 9.17) is 4.74 Å². The molecule has 52 heavy (non-hydrogen) atoms. The number of anilines is 2. The lowest BCUT2D eigenvalue weighted by atomic mass is 9.92. The molecule has 0 spiro atoms. The molecule has 3 atom stereocenters. The molecule has 0 saturated carbocycles. The van der Waals surface area contributed by atoms with E-state index < -0.39 is 29.3 Å². The van der Waals surface area contributed by atoms with Crippen LogP contribution >= 0.6 is 23.1 Å². The van der Waals surface area contributed by atoms with Crippen LogP contribution in [0.3, 0.4) is 0 Å². The van der Waals surface area contributed by atoms with Crippen LogP contribution in [0.1, 0.15) is 31.0 Å². The second-order valence-electron chi connectivity index (χ2n) is 12.6. The number of alkyl halides is 3.